The molecule has 1 N–H and O–H groups in total. The molecule has 1 atom stereocenters. The number of aromatic nitrogens is 7. The first-order valence-electron chi connectivity index (χ1n) is 37.4. The van der Waals surface area contributed by atoms with Crippen molar-refractivity contribution >= 4 is 143 Å². The molecule has 23 aromatic rings. The first-order valence-corrected chi connectivity index (χ1v) is 37.7. The summed E-state index contributed by atoms with van der Waals surface area (Å²) in [5.74, 6) is 0.137. The molecule has 0 radical (unpaired) electrons. The predicted molar refractivity (Wildman–Crippen MR) is 458 cm³/mol. The van der Waals surface area contributed by atoms with Crippen molar-refractivity contribution in [3.63, 3.8) is 0 Å². The zero-order valence-electron chi connectivity index (χ0n) is 59.6. The molecule has 111 heavy (non-hydrogen) atoms. The van der Waals surface area contributed by atoms with E-state index in [9.17, 15) is 0 Å². The number of rotatable bonds is 7. The minimum atomic E-state index is 0.137. The summed E-state index contributed by atoms with van der Waals surface area (Å²) >= 11 is 5.95. The Balaban J connectivity index is 0.000000114. The number of furan rings is 2. The average molecular weight is 1440 g/mol. The lowest BCUT2D eigenvalue weighted by Gasteiger charge is -2.15. The second-order valence-corrected chi connectivity index (χ2v) is 29.0. The maximum Gasteiger partial charge on any atom is 0.246 e. The van der Waals surface area contributed by atoms with Gasteiger partial charge in [0.2, 0.25) is 11.4 Å². The Morgan fingerprint density at radius 1 is 0.306 bits per heavy atom. The Morgan fingerprint density at radius 3 is 1.31 bits per heavy atom. The lowest BCUT2D eigenvalue weighted by Crippen LogP contribution is -1.99. The molecule has 0 amide bonds. The Bertz CT molecular complexity index is 7660. The van der Waals surface area contributed by atoms with Gasteiger partial charge in [0, 0.05) is 76.8 Å². The van der Waals surface area contributed by atoms with E-state index in [0.29, 0.717) is 16.4 Å². The molecular formula is C101H62ClN7O2. The van der Waals surface area contributed by atoms with Crippen LogP contribution in [0.15, 0.2) is 373 Å². The van der Waals surface area contributed by atoms with Gasteiger partial charge < -0.3 is 23.0 Å². The second kappa shape index (κ2) is 25.9. The molecule has 7 aromatic heterocycles. The molecule has 1 unspecified atom stereocenters. The molecule has 0 bridgehead atoms. The van der Waals surface area contributed by atoms with Crippen molar-refractivity contribution in [1.29, 1.82) is 0 Å². The summed E-state index contributed by atoms with van der Waals surface area (Å²) in [4.78, 5) is 22.6. The molecule has 520 valence electrons. The molecule has 10 heteroatoms. The summed E-state index contributed by atoms with van der Waals surface area (Å²) < 4.78 is 16.9. The smallest absolute Gasteiger partial charge is 0.246 e. The van der Waals surface area contributed by atoms with E-state index >= 15 is 0 Å². The number of hydrogen-bond acceptors (Lipinski definition) is 6. The van der Waals surface area contributed by atoms with Crippen LogP contribution in [0.3, 0.4) is 0 Å². The fraction of sp³-hybridized carbons (Fsp3) is 0.00990. The molecule has 0 spiro atoms. The second-order valence-electron chi connectivity index (χ2n) is 28.6. The Morgan fingerprint density at radius 2 is 0.730 bits per heavy atom. The van der Waals surface area contributed by atoms with E-state index in [1.807, 2.05) is 54.7 Å². The van der Waals surface area contributed by atoms with Gasteiger partial charge in [-0.1, -0.05) is 254 Å². The minimum Gasteiger partial charge on any atom is -0.436 e. The van der Waals surface area contributed by atoms with Crippen LogP contribution in [0.5, 0.6) is 0 Å². The summed E-state index contributed by atoms with van der Waals surface area (Å²) in [5.41, 5.74) is 28.8. The van der Waals surface area contributed by atoms with Crippen molar-refractivity contribution in [1.82, 2.24) is 34.1 Å². The number of aromatic amines is 1. The Labute approximate surface area is 640 Å². The van der Waals surface area contributed by atoms with E-state index < -0.39 is 0 Å². The molecule has 1 aliphatic rings. The standard InChI is InChI=1S/C51H31N3O.C30H20N2.C20H11ClN2O/c1-2-11-36(12-3-1)54-45-17-9-8-15-39(45)43-29-35(23-26-46(43)54)34-22-25-41-42(28-34)38-14-6-7-16-40(38)48(41)33-20-18-32(19-21-33)44-30-52-50-49-37-13-5-4-10-31(37)24-27-47(49)55-51(50)53-44;1-2-8-22(9-3-1)32-29-13-7-5-11-24(29)26-19-21(15-17-30(26)32)20-14-16-28-25(18-20)23-10-4-6-12-27(23)31-28;21-14-8-5-13(6-9-14)16-11-22-19-18-15-4-2-1-3-12(15)7-10-17(18)24-20(19)23-16/h1-30,48H;1-19,31H;1-11H. The molecule has 0 fully saturated rings. The predicted octanol–water partition coefficient (Wildman–Crippen LogP) is 27.1. The van der Waals surface area contributed by atoms with E-state index in [-0.39, 0.29) is 5.92 Å². The SMILES string of the molecule is Clc1ccc(-c2cnc3c(n2)oc2ccc4ccccc4c23)cc1.c1ccc(-n2c3ccccc3c3cc(-c4ccc5[nH]c6ccccc6c5c4)ccc32)cc1.c1ccc(-n2c3ccccc3c3cc(-c4ccc5c(c4)-c4ccccc4C5c4ccc(-c5cnc6c(n5)oc5ccc7ccccc7c56)cc4)ccc32)cc1. The van der Waals surface area contributed by atoms with Gasteiger partial charge in [0.1, 0.15) is 22.2 Å². The molecule has 1 aliphatic carbocycles. The summed E-state index contributed by atoms with van der Waals surface area (Å²) in [5, 5.41) is 14.9. The third kappa shape index (κ3) is 10.7. The summed E-state index contributed by atoms with van der Waals surface area (Å²) in [6, 6.07) is 125. The molecule has 7 heterocycles. The maximum absolute atomic E-state index is 6.23. The molecule has 24 rings (SSSR count). The number of benzene rings is 16. The number of para-hydroxylation sites is 5. The van der Waals surface area contributed by atoms with Gasteiger partial charge >= 0.3 is 0 Å². The topological polar surface area (TPSA) is 103 Å². The van der Waals surface area contributed by atoms with E-state index in [4.69, 9.17) is 30.4 Å². The van der Waals surface area contributed by atoms with Crippen LogP contribution in [0.4, 0.5) is 0 Å². The molecule has 0 saturated carbocycles. The number of hydrogen-bond donors (Lipinski definition) is 1. The molecule has 16 aromatic carbocycles. The van der Waals surface area contributed by atoms with Crippen molar-refractivity contribution in [2.24, 2.45) is 0 Å². The van der Waals surface area contributed by atoms with Gasteiger partial charge in [0.15, 0.2) is 0 Å². The summed E-state index contributed by atoms with van der Waals surface area (Å²) in [7, 11) is 0. The van der Waals surface area contributed by atoms with Crippen LogP contribution in [-0.2, 0) is 0 Å². The van der Waals surface area contributed by atoms with Gasteiger partial charge in [-0.05, 0) is 181 Å². The van der Waals surface area contributed by atoms with Crippen molar-refractivity contribution in [2.75, 3.05) is 0 Å². The zero-order valence-corrected chi connectivity index (χ0v) is 60.4. The highest BCUT2D eigenvalue weighted by Gasteiger charge is 2.31. The lowest BCUT2D eigenvalue weighted by atomic mass is 9.88. The Kier molecular flexibility index (Phi) is 14.9. The number of H-pyrrole nitrogens is 1. The Hall–Kier alpha value is -14.5. The van der Waals surface area contributed by atoms with Gasteiger partial charge in [-0.15, -0.1) is 0 Å². The third-order valence-corrected chi connectivity index (χ3v) is 22.6. The van der Waals surface area contributed by atoms with Crippen LogP contribution in [0.2, 0.25) is 5.02 Å². The van der Waals surface area contributed by atoms with E-state index in [2.05, 4.69) is 327 Å². The fourth-order valence-corrected chi connectivity index (χ4v) is 17.3. The minimum absolute atomic E-state index is 0.137. The lowest BCUT2D eigenvalue weighted by molar-refractivity contribution is 0.653. The largest absolute Gasteiger partial charge is 0.436 e. The van der Waals surface area contributed by atoms with Crippen LogP contribution in [0, 0.1) is 0 Å². The molecular weight excluding hydrogens is 1380 g/mol. The molecule has 9 nitrogen and oxygen atoms in total. The summed E-state index contributed by atoms with van der Waals surface area (Å²) in [6.07, 6.45) is 3.65. The van der Waals surface area contributed by atoms with Gasteiger partial charge in [-0.2, -0.15) is 0 Å². The monoisotopic (exact) mass is 1440 g/mol. The third-order valence-electron chi connectivity index (χ3n) is 22.3. The first-order chi connectivity index (χ1) is 54.9. The normalized spacial score (nSPS) is 12.6. The van der Waals surface area contributed by atoms with Gasteiger partial charge in [-0.3, -0.25) is 0 Å². The highest BCUT2D eigenvalue weighted by molar-refractivity contribution is 6.30. The molecule has 0 saturated heterocycles. The van der Waals surface area contributed by atoms with Crippen LogP contribution < -0.4 is 0 Å². The summed E-state index contributed by atoms with van der Waals surface area (Å²) in [6.45, 7) is 0. The highest BCUT2D eigenvalue weighted by Crippen LogP contribution is 2.50. The maximum atomic E-state index is 6.23. The quantitative estimate of drug-likeness (QED) is 0.170. The number of nitrogens with one attached hydrogen (secondary N) is 1. The van der Waals surface area contributed by atoms with Crippen LogP contribution in [0.25, 0.3) is 199 Å². The van der Waals surface area contributed by atoms with Crippen molar-refractivity contribution in [3.8, 4) is 67.3 Å². The van der Waals surface area contributed by atoms with Crippen molar-refractivity contribution < 1.29 is 8.83 Å². The van der Waals surface area contributed by atoms with E-state index in [1.165, 1.54) is 127 Å². The van der Waals surface area contributed by atoms with E-state index in [1.54, 1.807) is 6.20 Å². The van der Waals surface area contributed by atoms with E-state index in [0.717, 1.165) is 77.0 Å². The van der Waals surface area contributed by atoms with Crippen LogP contribution in [0.1, 0.15) is 22.6 Å². The average Bonchev–Trinajstić information content (AvgIpc) is 1.62. The van der Waals surface area contributed by atoms with Crippen LogP contribution in [-0.4, -0.2) is 34.1 Å². The number of fused-ring (bicyclic) bond motifs is 22. The number of nitrogens with zero attached hydrogens (tertiary/aromatic N) is 6. The van der Waals surface area contributed by atoms with Crippen molar-refractivity contribution in [3.05, 3.63) is 386 Å². The highest BCUT2D eigenvalue weighted by atomic mass is 35.5. The first kappa shape index (κ1) is 63.7. The molecule has 0 aliphatic heterocycles. The van der Waals surface area contributed by atoms with Crippen LogP contribution >= 0.6 is 11.6 Å². The fourth-order valence-electron chi connectivity index (χ4n) is 17.1. The number of halogens is 1. The van der Waals surface area contributed by atoms with Gasteiger partial charge in [0.05, 0.1) is 56.6 Å². The van der Waals surface area contributed by atoms with Crippen molar-refractivity contribution in [2.45, 2.75) is 5.92 Å². The van der Waals surface area contributed by atoms with Gasteiger partial charge in [0.25, 0.3) is 0 Å². The van der Waals surface area contributed by atoms with Gasteiger partial charge in [-0.25, -0.2) is 19.9 Å². The zero-order chi connectivity index (χ0) is 73.2.